The number of carbonyl (C=O) groups is 1. The van der Waals surface area contributed by atoms with Crippen molar-refractivity contribution < 1.29 is 23.4 Å². The number of nitrogens with one attached hydrogen (secondary N) is 1. The van der Waals surface area contributed by atoms with Gasteiger partial charge in [0, 0.05) is 36.7 Å². The molecule has 0 atom stereocenters. The number of fused-ring (bicyclic) bond motifs is 1. The Hall–Kier alpha value is -3.71. The van der Waals surface area contributed by atoms with Crippen LogP contribution in [0.4, 0.5) is 8.78 Å². The zero-order valence-corrected chi connectivity index (χ0v) is 17.4. The number of halogens is 2. The second-order valence-corrected chi connectivity index (χ2v) is 7.46. The lowest BCUT2D eigenvalue weighted by Gasteiger charge is -2.10. The van der Waals surface area contributed by atoms with Gasteiger partial charge in [0.15, 0.2) is 0 Å². The summed E-state index contributed by atoms with van der Waals surface area (Å²) in [6.07, 6.45) is 0. The van der Waals surface area contributed by atoms with E-state index < -0.39 is 5.97 Å². The van der Waals surface area contributed by atoms with Crippen LogP contribution in [0.3, 0.4) is 0 Å². The van der Waals surface area contributed by atoms with Crippen molar-refractivity contribution >= 4 is 16.9 Å². The molecule has 32 heavy (non-hydrogen) atoms. The highest BCUT2D eigenvalue weighted by atomic mass is 19.1. The van der Waals surface area contributed by atoms with Crippen LogP contribution in [0.5, 0.6) is 5.75 Å². The number of carboxylic acid groups (broad SMARTS) is 1. The molecule has 4 aromatic rings. The third kappa shape index (κ3) is 4.48. The van der Waals surface area contributed by atoms with Gasteiger partial charge in [-0.2, -0.15) is 0 Å². The summed E-state index contributed by atoms with van der Waals surface area (Å²) in [5.41, 5.74) is 3.17. The first-order valence-electron chi connectivity index (χ1n) is 10.1. The van der Waals surface area contributed by atoms with E-state index in [0.29, 0.717) is 29.9 Å². The molecule has 0 fully saturated rings. The molecule has 0 aliphatic heterocycles. The molecule has 0 bridgehead atoms. The maximum absolute atomic E-state index is 13.3. The maximum Gasteiger partial charge on any atom is 0.352 e. The Balaban J connectivity index is 1.73. The van der Waals surface area contributed by atoms with Gasteiger partial charge in [-0.15, -0.1) is 0 Å². The Morgan fingerprint density at radius 1 is 0.938 bits per heavy atom. The third-order valence-electron chi connectivity index (χ3n) is 5.38. The lowest BCUT2D eigenvalue weighted by molar-refractivity contribution is 0.0684. The number of ether oxygens (including phenoxy) is 1. The van der Waals surface area contributed by atoms with Gasteiger partial charge >= 0.3 is 5.97 Å². The minimum atomic E-state index is -1.05. The normalized spacial score (nSPS) is 11.1. The standard InChI is InChI=1S/C25H22F2N2O3/c1-32-20-10-11-21-22(14-28-13-16-2-6-18(26)7-3-16)24(25(30)31)29(23(21)12-20)15-17-4-8-19(27)9-5-17/h2-12,28H,13-15H2,1H3,(H,30,31). The Labute approximate surface area is 183 Å². The molecular weight excluding hydrogens is 414 g/mol. The van der Waals surface area contributed by atoms with Gasteiger partial charge in [-0.05, 0) is 47.5 Å². The summed E-state index contributed by atoms with van der Waals surface area (Å²) in [5.74, 6) is -1.10. The Bertz CT molecular complexity index is 1250. The number of hydrogen-bond donors (Lipinski definition) is 2. The van der Waals surface area contributed by atoms with E-state index in [9.17, 15) is 18.7 Å². The molecule has 2 N–H and O–H groups in total. The van der Waals surface area contributed by atoms with E-state index in [1.165, 1.54) is 24.3 Å². The SMILES string of the molecule is COc1ccc2c(CNCc3ccc(F)cc3)c(C(=O)O)n(Cc3ccc(F)cc3)c2c1. The average Bonchev–Trinajstić information content (AvgIpc) is 3.09. The van der Waals surface area contributed by atoms with Gasteiger partial charge < -0.3 is 19.7 Å². The van der Waals surface area contributed by atoms with E-state index >= 15 is 0 Å². The van der Waals surface area contributed by atoms with Crippen LogP contribution < -0.4 is 10.1 Å². The molecule has 0 unspecified atom stereocenters. The molecule has 1 aromatic heterocycles. The van der Waals surface area contributed by atoms with Gasteiger partial charge in [0.05, 0.1) is 12.6 Å². The zero-order chi connectivity index (χ0) is 22.7. The van der Waals surface area contributed by atoms with Crippen LogP contribution in [-0.4, -0.2) is 22.8 Å². The van der Waals surface area contributed by atoms with Gasteiger partial charge in [0.25, 0.3) is 0 Å². The molecule has 164 valence electrons. The number of benzene rings is 3. The van der Waals surface area contributed by atoms with Crippen LogP contribution in [0.2, 0.25) is 0 Å². The van der Waals surface area contributed by atoms with Crippen LogP contribution in [0, 0.1) is 11.6 Å². The van der Waals surface area contributed by atoms with Crippen LogP contribution in [-0.2, 0) is 19.6 Å². The topological polar surface area (TPSA) is 63.5 Å². The van der Waals surface area contributed by atoms with Crippen LogP contribution >= 0.6 is 0 Å². The summed E-state index contributed by atoms with van der Waals surface area (Å²) in [6.45, 7) is 1.03. The Morgan fingerprint density at radius 3 is 2.16 bits per heavy atom. The fourth-order valence-electron chi connectivity index (χ4n) is 3.82. The molecule has 0 spiro atoms. The highest BCUT2D eigenvalue weighted by molar-refractivity contribution is 5.98. The molecule has 0 aliphatic carbocycles. The second-order valence-electron chi connectivity index (χ2n) is 7.46. The average molecular weight is 436 g/mol. The molecule has 7 heteroatoms. The minimum absolute atomic E-state index is 0.157. The van der Waals surface area contributed by atoms with Crippen molar-refractivity contribution in [3.63, 3.8) is 0 Å². The van der Waals surface area contributed by atoms with Crippen LogP contribution in [0.25, 0.3) is 10.9 Å². The predicted octanol–water partition coefficient (Wildman–Crippen LogP) is 4.96. The molecule has 0 saturated carbocycles. The molecule has 4 rings (SSSR count). The first-order chi connectivity index (χ1) is 15.5. The maximum atomic E-state index is 13.3. The first-order valence-corrected chi connectivity index (χ1v) is 10.1. The fourth-order valence-corrected chi connectivity index (χ4v) is 3.82. The zero-order valence-electron chi connectivity index (χ0n) is 17.4. The molecule has 0 amide bonds. The lowest BCUT2D eigenvalue weighted by Crippen LogP contribution is -2.17. The molecule has 3 aromatic carbocycles. The highest BCUT2D eigenvalue weighted by Gasteiger charge is 2.23. The molecule has 5 nitrogen and oxygen atoms in total. The van der Waals surface area contributed by atoms with Crippen molar-refractivity contribution in [2.24, 2.45) is 0 Å². The van der Waals surface area contributed by atoms with Gasteiger partial charge in [-0.3, -0.25) is 0 Å². The van der Waals surface area contributed by atoms with Crippen molar-refractivity contribution in [1.29, 1.82) is 0 Å². The Morgan fingerprint density at radius 2 is 1.56 bits per heavy atom. The van der Waals surface area contributed by atoms with Crippen molar-refractivity contribution in [3.05, 3.63) is 101 Å². The lowest BCUT2D eigenvalue weighted by atomic mass is 10.1. The summed E-state index contributed by atoms with van der Waals surface area (Å²) >= 11 is 0. The largest absolute Gasteiger partial charge is 0.497 e. The molecular formula is C25H22F2N2O3. The predicted molar refractivity (Wildman–Crippen MR) is 118 cm³/mol. The first kappa shape index (κ1) is 21.5. The molecule has 0 radical (unpaired) electrons. The Kier molecular flexibility index (Phi) is 6.18. The summed E-state index contributed by atoms with van der Waals surface area (Å²) in [5, 5.41) is 14.1. The van der Waals surface area contributed by atoms with Gasteiger partial charge in [0.1, 0.15) is 23.1 Å². The van der Waals surface area contributed by atoms with E-state index in [-0.39, 0.29) is 23.9 Å². The molecule has 0 aliphatic rings. The quantitative estimate of drug-likeness (QED) is 0.410. The highest BCUT2D eigenvalue weighted by Crippen LogP contribution is 2.31. The number of carboxylic acids is 1. The van der Waals surface area contributed by atoms with Crippen molar-refractivity contribution in [2.45, 2.75) is 19.6 Å². The number of aromatic carboxylic acids is 1. The van der Waals surface area contributed by atoms with Crippen molar-refractivity contribution in [2.75, 3.05) is 7.11 Å². The smallest absolute Gasteiger partial charge is 0.352 e. The fraction of sp³-hybridized carbons (Fsp3) is 0.160. The van der Waals surface area contributed by atoms with E-state index in [1.54, 1.807) is 48.1 Å². The number of methoxy groups -OCH3 is 1. The summed E-state index contributed by atoms with van der Waals surface area (Å²) in [7, 11) is 1.55. The van der Waals surface area contributed by atoms with E-state index in [1.807, 2.05) is 6.07 Å². The van der Waals surface area contributed by atoms with E-state index in [4.69, 9.17) is 4.74 Å². The third-order valence-corrected chi connectivity index (χ3v) is 5.38. The number of nitrogens with zero attached hydrogens (tertiary/aromatic N) is 1. The van der Waals surface area contributed by atoms with Crippen LogP contribution in [0.15, 0.2) is 66.7 Å². The van der Waals surface area contributed by atoms with Gasteiger partial charge in [-0.1, -0.05) is 24.3 Å². The number of hydrogen-bond acceptors (Lipinski definition) is 3. The van der Waals surface area contributed by atoms with Crippen molar-refractivity contribution in [1.82, 2.24) is 9.88 Å². The van der Waals surface area contributed by atoms with Crippen LogP contribution in [0.1, 0.15) is 27.2 Å². The van der Waals surface area contributed by atoms with Gasteiger partial charge in [-0.25, -0.2) is 13.6 Å². The summed E-state index contributed by atoms with van der Waals surface area (Å²) in [6, 6.07) is 17.6. The summed E-state index contributed by atoms with van der Waals surface area (Å²) < 4.78 is 33.5. The van der Waals surface area contributed by atoms with Crippen molar-refractivity contribution in [3.8, 4) is 5.75 Å². The summed E-state index contributed by atoms with van der Waals surface area (Å²) in [4.78, 5) is 12.3. The number of rotatable bonds is 8. The van der Waals surface area contributed by atoms with Gasteiger partial charge in [0.2, 0.25) is 0 Å². The molecule has 0 saturated heterocycles. The second kappa shape index (κ2) is 9.20. The molecule has 1 heterocycles. The van der Waals surface area contributed by atoms with E-state index in [2.05, 4.69) is 5.32 Å². The minimum Gasteiger partial charge on any atom is -0.497 e. The number of aromatic nitrogens is 1. The van der Waals surface area contributed by atoms with E-state index in [0.717, 1.165) is 16.5 Å². The monoisotopic (exact) mass is 436 g/mol.